The van der Waals surface area contributed by atoms with Crippen LogP contribution in [0.3, 0.4) is 0 Å². The SMILES string of the molecule is Cc1nc(C)c(-c2ccnc(N3CCC(Nc4cc(=O)[nH]cn4)C3)n2)s1. The molecule has 134 valence electrons. The van der Waals surface area contributed by atoms with Crippen molar-refractivity contribution in [1.82, 2.24) is 24.9 Å². The van der Waals surface area contributed by atoms with Gasteiger partial charge in [0.15, 0.2) is 0 Å². The summed E-state index contributed by atoms with van der Waals surface area (Å²) in [5.74, 6) is 1.31. The molecule has 0 bridgehead atoms. The molecule has 1 unspecified atom stereocenters. The molecular weight excluding hydrogens is 350 g/mol. The highest BCUT2D eigenvalue weighted by molar-refractivity contribution is 7.15. The van der Waals surface area contributed by atoms with E-state index in [1.807, 2.05) is 19.9 Å². The second-order valence-corrected chi connectivity index (χ2v) is 7.46. The summed E-state index contributed by atoms with van der Waals surface area (Å²) in [5, 5.41) is 4.34. The lowest BCUT2D eigenvalue weighted by Gasteiger charge is -2.17. The molecule has 1 atom stereocenters. The Kier molecular flexibility index (Phi) is 4.37. The Morgan fingerprint density at radius 3 is 2.96 bits per heavy atom. The maximum atomic E-state index is 11.4. The maximum absolute atomic E-state index is 11.4. The Morgan fingerprint density at radius 2 is 2.19 bits per heavy atom. The van der Waals surface area contributed by atoms with Gasteiger partial charge in [0.1, 0.15) is 5.82 Å². The van der Waals surface area contributed by atoms with E-state index in [0.29, 0.717) is 5.82 Å². The number of thiazole rings is 1. The van der Waals surface area contributed by atoms with Gasteiger partial charge < -0.3 is 15.2 Å². The number of anilines is 2. The third kappa shape index (κ3) is 3.43. The van der Waals surface area contributed by atoms with Gasteiger partial charge in [0.2, 0.25) is 5.95 Å². The van der Waals surface area contributed by atoms with E-state index in [4.69, 9.17) is 4.98 Å². The van der Waals surface area contributed by atoms with Gasteiger partial charge in [-0.05, 0) is 26.3 Å². The lowest BCUT2D eigenvalue weighted by molar-refractivity contribution is 0.796. The average molecular weight is 369 g/mol. The zero-order valence-electron chi connectivity index (χ0n) is 14.6. The average Bonchev–Trinajstić information content (AvgIpc) is 3.21. The molecule has 0 spiro atoms. The molecule has 4 heterocycles. The summed E-state index contributed by atoms with van der Waals surface area (Å²) in [4.78, 5) is 34.9. The third-order valence-electron chi connectivity index (χ3n) is 4.28. The first-order valence-corrected chi connectivity index (χ1v) is 9.24. The van der Waals surface area contributed by atoms with Gasteiger partial charge in [-0.2, -0.15) is 0 Å². The predicted molar refractivity (Wildman–Crippen MR) is 102 cm³/mol. The molecule has 26 heavy (non-hydrogen) atoms. The molecule has 4 rings (SSSR count). The van der Waals surface area contributed by atoms with E-state index >= 15 is 0 Å². The molecule has 3 aromatic rings. The van der Waals surface area contributed by atoms with Crippen LogP contribution in [0.2, 0.25) is 0 Å². The van der Waals surface area contributed by atoms with Crippen molar-refractivity contribution in [3.8, 4) is 10.6 Å². The topological polar surface area (TPSA) is 99.7 Å². The molecule has 1 aliphatic rings. The number of nitrogens with one attached hydrogen (secondary N) is 2. The monoisotopic (exact) mass is 369 g/mol. The minimum Gasteiger partial charge on any atom is -0.365 e. The molecule has 0 saturated carbocycles. The van der Waals surface area contributed by atoms with Gasteiger partial charge in [0.25, 0.3) is 5.56 Å². The number of aromatic nitrogens is 5. The number of aryl methyl sites for hydroxylation is 2. The van der Waals surface area contributed by atoms with Crippen molar-refractivity contribution in [2.24, 2.45) is 0 Å². The predicted octanol–water partition coefficient (Wildman–Crippen LogP) is 1.99. The zero-order chi connectivity index (χ0) is 18.1. The smallest absolute Gasteiger partial charge is 0.252 e. The number of nitrogens with zero attached hydrogens (tertiary/aromatic N) is 5. The van der Waals surface area contributed by atoms with E-state index in [1.54, 1.807) is 17.5 Å². The van der Waals surface area contributed by atoms with Crippen molar-refractivity contribution < 1.29 is 0 Å². The van der Waals surface area contributed by atoms with Gasteiger partial charge in [-0.25, -0.2) is 19.9 Å². The van der Waals surface area contributed by atoms with Crippen LogP contribution in [0.15, 0.2) is 29.5 Å². The molecule has 0 radical (unpaired) electrons. The van der Waals surface area contributed by atoms with Crippen LogP contribution in [0.1, 0.15) is 17.1 Å². The van der Waals surface area contributed by atoms with E-state index in [1.165, 1.54) is 12.4 Å². The second kappa shape index (κ2) is 6.83. The van der Waals surface area contributed by atoms with Gasteiger partial charge in [-0.1, -0.05) is 0 Å². The van der Waals surface area contributed by atoms with Crippen LogP contribution in [0, 0.1) is 13.8 Å². The zero-order valence-corrected chi connectivity index (χ0v) is 15.4. The lowest BCUT2D eigenvalue weighted by atomic mass is 10.2. The van der Waals surface area contributed by atoms with Crippen molar-refractivity contribution in [2.75, 3.05) is 23.3 Å². The molecule has 1 aliphatic heterocycles. The van der Waals surface area contributed by atoms with E-state index in [2.05, 4.69) is 30.2 Å². The fourth-order valence-electron chi connectivity index (χ4n) is 3.11. The first-order valence-electron chi connectivity index (χ1n) is 8.42. The van der Waals surface area contributed by atoms with Gasteiger partial charge in [-0.3, -0.25) is 4.79 Å². The van der Waals surface area contributed by atoms with Crippen LogP contribution in [-0.4, -0.2) is 44.1 Å². The largest absolute Gasteiger partial charge is 0.365 e. The number of rotatable bonds is 4. The Hall–Kier alpha value is -2.81. The van der Waals surface area contributed by atoms with Crippen LogP contribution >= 0.6 is 11.3 Å². The van der Waals surface area contributed by atoms with Crippen molar-refractivity contribution in [2.45, 2.75) is 26.3 Å². The van der Waals surface area contributed by atoms with Crippen molar-refractivity contribution in [3.05, 3.63) is 45.7 Å². The van der Waals surface area contributed by atoms with E-state index in [0.717, 1.165) is 46.7 Å². The Balaban J connectivity index is 1.49. The first kappa shape index (κ1) is 16.6. The van der Waals surface area contributed by atoms with Gasteiger partial charge >= 0.3 is 0 Å². The lowest BCUT2D eigenvalue weighted by Crippen LogP contribution is -2.28. The molecule has 0 amide bonds. The van der Waals surface area contributed by atoms with Crippen molar-refractivity contribution in [3.63, 3.8) is 0 Å². The highest BCUT2D eigenvalue weighted by atomic mass is 32.1. The molecule has 0 aromatic carbocycles. The summed E-state index contributed by atoms with van der Waals surface area (Å²) >= 11 is 1.65. The second-order valence-electron chi connectivity index (χ2n) is 6.26. The van der Waals surface area contributed by atoms with E-state index in [-0.39, 0.29) is 11.6 Å². The minimum atomic E-state index is -0.163. The van der Waals surface area contributed by atoms with Crippen molar-refractivity contribution >= 4 is 23.1 Å². The Morgan fingerprint density at radius 1 is 1.31 bits per heavy atom. The summed E-state index contributed by atoms with van der Waals surface area (Å²) in [5.41, 5.74) is 1.74. The Bertz CT molecular complexity index is 983. The van der Waals surface area contributed by atoms with Crippen LogP contribution in [0.25, 0.3) is 10.6 Å². The Labute approximate surface area is 154 Å². The third-order valence-corrected chi connectivity index (χ3v) is 5.38. The maximum Gasteiger partial charge on any atom is 0.252 e. The van der Waals surface area contributed by atoms with E-state index < -0.39 is 0 Å². The molecule has 2 N–H and O–H groups in total. The minimum absolute atomic E-state index is 0.163. The first-order chi connectivity index (χ1) is 12.6. The summed E-state index contributed by atoms with van der Waals surface area (Å²) in [6, 6.07) is 3.59. The number of hydrogen-bond donors (Lipinski definition) is 2. The highest BCUT2D eigenvalue weighted by Crippen LogP contribution is 2.29. The number of aromatic amines is 1. The molecular formula is C17H19N7OS. The summed E-state index contributed by atoms with van der Waals surface area (Å²) < 4.78 is 0. The van der Waals surface area contributed by atoms with Gasteiger partial charge in [0.05, 0.1) is 27.6 Å². The highest BCUT2D eigenvalue weighted by Gasteiger charge is 2.25. The fourth-order valence-corrected chi connectivity index (χ4v) is 4.00. The van der Waals surface area contributed by atoms with Gasteiger partial charge in [0, 0.05) is 31.4 Å². The fraction of sp³-hybridized carbons (Fsp3) is 0.353. The standard InChI is InChI=1S/C17H19N7OS/c1-10-16(26-11(2)21-10)13-3-5-18-17(23-13)24-6-4-12(8-24)22-14-7-15(25)20-9-19-14/h3,5,7,9,12H,4,6,8H2,1-2H3,(H2,19,20,22,25). The molecule has 3 aromatic heterocycles. The van der Waals surface area contributed by atoms with Crippen molar-refractivity contribution in [1.29, 1.82) is 0 Å². The van der Waals surface area contributed by atoms with Crippen LogP contribution in [-0.2, 0) is 0 Å². The summed E-state index contributed by atoms with van der Waals surface area (Å²) in [6.45, 7) is 5.62. The van der Waals surface area contributed by atoms with Crippen LogP contribution in [0.4, 0.5) is 11.8 Å². The molecule has 0 aliphatic carbocycles. The molecule has 1 fully saturated rings. The number of hydrogen-bond acceptors (Lipinski definition) is 8. The van der Waals surface area contributed by atoms with Crippen LogP contribution < -0.4 is 15.8 Å². The molecule has 1 saturated heterocycles. The van der Waals surface area contributed by atoms with Gasteiger partial charge in [-0.15, -0.1) is 11.3 Å². The summed E-state index contributed by atoms with van der Waals surface area (Å²) in [7, 11) is 0. The normalized spacial score (nSPS) is 16.8. The quantitative estimate of drug-likeness (QED) is 0.725. The summed E-state index contributed by atoms with van der Waals surface area (Å²) in [6.07, 6.45) is 4.13. The molecule has 9 heteroatoms. The van der Waals surface area contributed by atoms with E-state index in [9.17, 15) is 4.79 Å². The van der Waals surface area contributed by atoms with Crippen LogP contribution in [0.5, 0.6) is 0 Å². The number of H-pyrrole nitrogens is 1. The molecule has 8 nitrogen and oxygen atoms in total.